The Morgan fingerprint density at radius 1 is 1.43 bits per heavy atom. The van der Waals surface area contributed by atoms with Gasteiger partial charge in [-0.15, -0.1) is 0 Å². The monoisotopic (exact) mass is 326 g/mol. The molecule has 1 aromatic carbocycles. The summed E-state index contributed by atoms with van der Waals surface area (Å²) in [5.74, 6) is -1.60. The minimum absolute atomic E-state index is 0.0168. The molecule has 2 N–H and O–H groups in total. The molecular weight excluding hydrogens is 302 g/mol. The van der Waals surface area contributed by atoms with Crippen LogP contribution in [0.1, 0.15) is 37.9 Å². The van der Waals surface area contributed by atoms with Crippen molar-refractivity contribution in [2.24, 2.45) is 5.92 Å². The molecule has 0 bridgehead atoms. The molecule has 0 saturated carbocycles. The Hall–Kier alpha value is -1.53. The summed E-state index contributed by atoms with van der Waals surface area (Å²) >= 11 is 0. The van der Waals surface area contributed by atoms with Crippen LogP contribution in [0.15, 0.2) is 18.2 Å². The average molecular weight is 326 g/mol. The van der Waals surface area contributed by atoms with Crippen LogP contribution in [0.2, 0.25) is 0 Å². The maximum atomic E-state index is 13.7. The van der Waals surface area contributed by atoms with Gasteiger partial charge >= 0.3 is 0 Å². The summed E-state index contributed by atoms with van der Waals surface area (Å²) in [6, 6.07) is 3.55. The standard InChI is InChI=1S/C17H24F2N2O2/c1-2-8-20-17(23)12-5-4-9-21(10-12)11-15(22)16-13(18)6-3-7-14(16)19/h3,6-7,12,15,22H,2,4-5,8-11H2,1H3,(H,20,23). The zero-order valence-electron chi connectivity index (χ0n) is 13.4. The van der Waals surface area contributed by atoms with Gasteiger partial charge in [0.2, 0.25) is 5.91 Å². The molecule has 128 valence electrons. The highest BCUT2D eigenvalue weighted by Gasteiger charge is 2.28. The number of carbonyl (C=O) groups excluding carboxylic acids is 1. The highest BCUT2D eigenvalue weighted by atomic mass is 19.1. The number of nitrogens with zero attached hydrogens (tertiary/aromatic N) is 1. The molecule has 0 aromatic heterocycles. The summed E-state index contributed by atoms with van der Waals surface area (Å²) in [4.78, 5) is 13.9. The van der Waals surface area contributed by atoms with Crippen LogP contribution in [0, 0.1) is 17.6 Å². The quantitative estimate of drug-likeness (QED) is 0.843. The molecule has 1 saturated heterocycles. The Morgan fingerprint density at radius 3 is 2.78 bits per heavy atom. The lowest BCUT2D eigenvalue weighted by molar-refractivity contribution is -0.126. The maximum absolute atomic E-state index is 13.7. The number of nitrogens with one attached hydrogen (secondary N) is 1. The Morgan fingerprint density at radius 2 is 2.13 bits per heavy atom. The van der Waals surface area contributed by atoms with Gasteiger partial charge in [0, 0.05) is 19.6 Å². The van der Waals surface area contributed by atoms with E-state index < -0.39 is 17.7 Å². The lowest BCUT2D eigenvalue weighted by atomic mass is 9.96. The van der Waals surface area contributed by atoms with Gasteiger partial charge in [-0.1, -0.05) is 13.0 Å². The number of rotatable bonds is 6. The molecule has 1 fully saturated rings. The summed E-state index contributed by atoms with van der Waals surface area (Å²) in [6.07, 6.45) is 1.27. The third-order valence-electron chi connectivity index (χ3n) is 4.19. The van der Waals surface area contributed by atoms with Crippen molar-refractivity contribution in [3.05, 3.63) is 35.4 Å². The molecule has 23 heavy (non-hydrogen) atoms. The molecule has 1 aliphatic rings. The van der Waals surface area contributed by atoms with Crippen molar-refractivity contribution >= 4 is 5.91 Å². The molecule has 1 aliphatic heterocycles. The second kappa shape index (κ2) is 8.36. The van der Waals surface area contributed by atoms with Crippen LogP contribution in [0.4, 0.5) is 8.78 Å². The SMILES string of the molecule is CCCNC(=O)C1CCCN(CC(O)c2c(F)cccc2F)C1. The number of piperidine rings is 1. The van der Waals surface area contributed by atoms with Crippen molar-refractivity contribution < 1.29 is 18.7 Å². The summed E-state index contributed by atoms with van der Waals surface area (Å²) in [7, 11) is 0. The fraction of sp³-hybridized carbons (Fsp3) is 0.588. The van der Waals surface area contributed by atoms with Crippen LogP contribution in [0.5, 0.6) is 0 Å². The number of amides is 1. The number of hydrogen-bond acceptors (Lipinski definition) is 3. The molecule has 1 amide bonds. The van der Waals surface area contributed by atoms with Gasteiger partial charge in [0.1, 0.15) is 11.6 Å². The van der Waals surface area contributed by atoms with Gasteiger partial charge in [-0.05, 0) is 37.9 Å². The molecular formula is C17H24F2N2O2. The first-order chi connectivity index (χ1) is 11.0. The van der Waals surface area contributed by atoms with Gasteiger partial charge < -0.3 is 10.4 Å². The summed E-state index contributed by atoms with van der Waals surface area (Å²) in [5, 5.41) is 13.1. The van der Waals surface area contributed by atoms with E-state index in [-0.39, 0.29) is 23.9 Å². The smallest absolute Gasteiger partial charge is 0.224 e. The number of aliphatic hydroxyl groups excluding tert-OH is 1. The van der Waals surface area contributed by atoms with Crippen molar-refractivity contribution in [3.8, 4) is 0 Å². The normalized spacial score (nSPS) is 20.3. The summed E-state index contributed by atoms with van der Waals surface area (Å²) in [6.45, 7) is 3.98. The Labute approximate surface area is 135 Å². The van der Waals surface area contributed by atoms with E-state index in [0.717, 1.165) is 31.4 Å². The molecule has 1 heterocycles. The van der Waals surface area contributed by atoms with Crippen LogP contribution >= 0.6 is 0 Å². The largest absolute Gasteiger partial charge is 0.387 e. The third-order valence-corrected chi connectivity index (χ3v) is 4.19. The highest BCUT2D eigenvalue weighted by molar-refractivity contribution is 5.78. The van der Waals surface area contributed by atoms with Crippen molar-refractivity contribution in [2.75, 3.05) is 26.2 Å². The lowest BCUT2D eigenvalue weighted by Gasteiger charge is -2.33. The second-order valence-corrected chi connectivity index (χ2v) is 6.04. The summed E-state index contributed by atoms with van der Waals surface area (Å²) in [5.41, 5.74) is -0.301. The van der Waals surface area contributed by atoms with Crippen LogP contribution in [0.3, 0.4) is 0 Å². The predicted molar refractivity (Wildman–Crippen MR) is 83.8 cm³/mol. The molecule has 0 spiro atoms. The van der Waals surface area contributed by atoms with Crippen LogP contribution in [-0.2, 0) is 4.79 Å². The second-order valence-electron chi connectivity index (χ2n) is 6.04. The fourth-order valence-corrected chi connectivity index (χ4v) is 2.99. The van der Waals surface area contributed by atoms with E-state index in [2.05, 4.69) is 5.32 Å². The van der Waals surface area contributed by atoms with Crippen molar-refractivity contribution in [2.45, 2.75) is 32.3 Å². The number of benzene rings is 1. The van der Waals surface area contributed by atoms with E-state index in [1.165, 1.54) is 6.07 Å². The number of carbonyl (C=O) groups is 1. The number of aliphatic hydroxyl groups is 1. The van der Waals surface area contributed by atoms with Crippen LogP contribution in [-0.4, -0.2) is 42.1 Å². The first-order valence-corrected chi connectivity index (χ1v) is 8.15. The molecule has 4 nitrogen and oxygen atoms in total. The molecule has 0 aliphatic carbocycles. The predicted octanol–water partition coefficient (Wildman–Crippen LogP) is 2.24. The highest BCUT2D eigenvalue weighted by Crippen LogP contribution is 2.24. The van der Waals surface area contributed by atoms with Crippen LogP contribution in [0.25, 0.3) is 0 Å². The summed E-state index contributed by atoms with van der Waals surface area (Å²) < 4.78 is 27.4. The molecule has 1 aromatic rings. The van der Waals surface area contributed by atoms with E-state index in [0.29, 0.717) is 19.6 Å². The Bertz CT molecular complexity index is 519. The zero-order valence-corrected chi connectivity index (χ0v) is 13.4. The topological polar surface area (TPSA) is 52.6 Å². The third kappa shape index (κ3) is 4.72. The molecule has 6 heteroatoms. The van der Waals surface area contributed by atoms with E-state index in [4.69, 9.17) is 0 Å². The molecule has 2 rings (SSSR count). The minimum atomic E-state index is -1.24. The Kier molecular flexibility index (Phi) is 6.47. The van der Waals surface area contributed by atoms with E-state index in [9.17, 15) is 18.7 Å². The van der Waals surface area contributed by atoms with Gasteiger partial charge in [-0.25, -0.2) is 8.78 Å². The van der Waals surface area contributed by atoms with Crippen LogP contribution < -0.4 is 5.32 Å². The van der Waals surface area contributed by atoms with Gasteiger partial charge in [0.25, 0.3) is 0 Å². The van der Waals surface area contributed by atoms with Crippen molar-refractivity contribution in [1.82, 2.24) is 10.2 Å². The lowest BCUT2D eigenvalue weighted by Crippen LogP contribution is -2.44. The van der Waals surface area contributed by atoms with Crippen molar-refractivity contribution in [3.63, 3.8) is 0 Å². The molecule has 2 atom stereocenters. The van der Waals surface area contributed by atoms with Gasteiger partial charge in [0.15, 0.2) is 0 Å². The van der Waals surface area contributed by atoms with E-state index >= 15 is 0 Å². The Balaban J connectivity index is 1.95. The number of likely N-dealkylation sites (tertiary alicyclic amines) is 1. The van der Waals surface area contributed by atoms with E-state index in [1.54, 1.807) is 0 Å². The van der Waals surface area contributed by atoms with Gasteiger partial charge in [0.05, 0.1) is 17.6 Å². The zero-order chi connectivity index (χ0) is 16.8. The fourth-order valence-electron chi connectivity index (χ4n) is 2.99. The first kappa shape index (κ1) is 17.8. The van der Waals surface area contributed by atoms with Crippen molar-refractivity contribution in [1.29, 1.82) is 0 Å². The van der Waals surface area contributed by atoms with Gasteiger partial charge in [-0.2, -0.15) is 0 Å². The molecule has 2 unspecified atom stereocenters. The maximum Gasteiger partial charge on any atom is 0.224 e. The van der Waals surface area contributed by atoms with Gasteiger partial charge in [-0.3, -0.25) is 9.69 Å². The minimum Gasteiger partial charge on any atom is -0.387 e. The average Bonchev–Trinajstić information content (AvgIpc) is 2.52. The van der Waals surface area contributed by atoms with E-state index in [1.807, 2.05) is 11.8 Å². The number of halogens is 2. The first-order valence-electron chi connectivity index (χ1n) is 8.15. The molecule has 0 radical (unpaired) electrons. The number of β-amino-alcohol motifs (C(OH)–C–C–N with tert-alkyl or cyclic N) is 1. The number of hydrogen-bond donors (Lipinski definition) is 2.